The zero-order chi connectivity index (χ0) is 14.8. The molecule has 0 unspecified atom stereocenters. The van der Waals surface area contributed by atoms with Gasteiger partial charge in [0.05, 0.1) is 12.6 Å². The van der Waals surface area contributed by atoms with Gasteiger partial charge in [0.25, 0.3) is 0 Å². The first-order valence-corrected chi connectivity index (χ1v) is 5.73. The van der Waals surface area contributed by atoms with Gasteiger partial charge in [0, 0.05) is 18.0 Å². The molecule has 0 aliphatic carbocycles. The molecule has 0 aliphatic heterocycles. The van der Waals surface area contributed by atoms with Gasteiger partial charge in [0.15, 0.2) is 0 Å². The molecule has 0 amide bonds. The summed E-state index contributed by atoms with van der Waals surface area (Å²) in [5.41, 5.74) is 0.165. The van der Waals surface area contributed by atoms with E-state index in [-0.39, 0.29) is 11.3 Å². The number of methoxy groups -OCH3 is 1. The molecule has 106 valence electrons. The van der Waals surface area contributed by atoms with Crippen molar-refractivity contribution in [3.63, 3.8) is 0 Å². The molecule has 1 aromatic heterocycles. The molecule has 0 spiro atoms. The van der Waals surface area contributed by atoms with Crippen molar-refractivity contribution in [2.75, 3.05) is 19.0 Å². The van der Waals surface area contributed by atoms with Gasteiger partial charge in [-0.1, -0.05) is 6.08 Å². The van der Waals surface area contributed by atoms with Crippen molar-refractivity contribution in [1.29, 1.82) is 0 Å². The van der Waals surface area contributed by atoms with Gasteiger partial charge in [-0.3, -0.25) is 0 Å². The van der Waals surface area contributed by atoms with Crippen LogP contribution in [0.4, 0.5) is 19.0 Å². The molecule has 1 heterocycles. The lowest BCUT2D eigenvalue weighted by molar-refractivity contribution is -0.144. The molecule has 0 atom stereocenters. The zero-order valence-corrected chi connectivity index (χ0v) is 10.7. The maximum Gasteiger partial charge on any atom is 0.451 e. The van der Waals surface area contributed by atoms with E-state index >= 15 is 0 Å². The summed E-state index contributed by atoms with van der Waals surface area (Å²) in [6, 6.07) is 4.68. The van der Waals surface area contributed by atoms with Crippen LogP contribution in [0.5, 0.6) is 5.75 Å². The van der Waals surface area contributed by atoms with Gasteiger partial charge in [-0.25, -0.2) is 9.97 Å². The van der Waals surface area contributed by atoms with Crippen LogP contribution >= 0.6 is 0 Å². The minimum Gasteiger partial charge on any atom is -0.497 e. The van der Waals surface area contributed by atoms with E-state index in [0.29, 0.717) is 17.7 Å². The average molecular weight is 283 g/mol. The van der Waals surface area contributed by atoms with Crippen LogP contribution in [0.25, 0.3) is 10.9 Å². The maximum atomic E-state index is 12.8. The minimum atomic E-state index is -4.61. The minimum absolute atomic E-state index is 0.116. The normalized spacial score (nSPS) is 11.4. The summed E-state index contributed by atoms with van der Waals surface area (Å²) >= 11 is 0. The fourth-order valence-electron chi connectivity index (χ4n) is 1.67. The second-order valence-electron chi connectivity index (χ2n) is 3.95. The summed E-state index contributed by atoms with van der Waals surface area (Å²) in [4.78, 5) is 7.07. The summed E-state index contributed by atoms with van der Waals surface area (Å²) in [7, 11) is 1.43. The Morgan fingerprint density at radius 2 is 2.10 bits per heavy atom. The Morgan fingerprint density at radius 1 is 1.35 bits per heavy atom. The Morgan fingerprint density at radius 3 is 2.70 bits per heavy atom. The van der Waals surface area contributed by atoms with E-state index in [2.05, 4.69) is 21.9 Å². The third kappa shape index (κ3) is 2.81. The quantitative estimate of drug-likeness (QED) is 0.875. The number of halogens is 3. The number of hydrogen-bond donors (Lipinski definition) is 1. The van der Waals surface area contributed by atoms with E-state index in [9.17, 15) is 13.2 Å². The van der Waals surface area contributed by atoms with Crippen LogP contribution in [0.2, 0.25) is 0 Å². The highest BCUT2D eigenvalue weighted by Gasteiger charge is 2.35. The Kier molecular flexibility index (Phi) is 3.78. The lowest BCUT2D eigenvalue weighted by Gasteiger charge is -2.12. The lowest BCUT2D eigenvalue weighted by atomic mass is 10.2. The van der Waals surface area contributed by atoms with Crippen LogP contribution in [0.15, 0.2) is 30.9 Å². The van der Waals surface area contributed by atoms with E-state index < -0.39 is 12.0 Å². The molecule has 1 N–H and O–H groups in total. The number of benzene rings is 1. The second kappa shape index (κ2) is 5.36. The number of ether oxygens (including phenoxy) is 1. The molecule has 4 nitrogen and oxygen atoms in total. The fourth-order valence-corrected chi connectivity index (χ4v) is 1.67. The molecule has 1 aromatic carbocycles. The van der Waals surface area contributed by atoms with Crippen LogP contribution < -0.4 is 10.1 Å². The Labute approximate surface area is 113 Å². The van der Waals surface area contributed by atoms with E-state index in [4.69, 9.17) is 4.74 Å². The van der Waals surface area contributed by atoms with Crippen LogP contribution in [0.1, 0.15) is 5.82 Å². The van der Waals surface area contributed by atoms with Gasteiger partial charge >= 0.3 is 6.18 Å². The Bertz CT molecular complexity index is 641. The molecule has 2 rings (SSSR count). The number of fused-ring (bicyclic) bond motifs is 1. The predicted molar refractivity (Wildman–Crippen MR) is 69.8 cm³/mol. The summed E-state index contributed by atoms with van der Waals surface area (Å²) < 4.78 is 43.4. The third-order valence-corrected chi connectivity index (χ3v) is 2.57. The van der Waals surface area contributed by atoms with Crippen molar-refractivity contribution >= 4 is 16.7 Å². The highest BCUT2D eigenvalue weighted by atomic mass is 19.4. The highest BCUT2D eigenvalue weighted by molar-refractivity contribution is 5.90. The number of hydrogen-bond acceptors (Lipinski definition) is 4. The van der Waals surface area contributed by atoms with Gasteiger partial charge in [0.2, 0.25) is 5.82 Å². The second-order valence-corrected chi connectivity index (χ2v) is 3.95. The monoisotopic (exact) mass is 283 g/mol. The van der Waals surface area contributed by atoms with Gasteiger partial charge in [-0.2, -0.15) is 13.2 Å². The lowest BCUT2D eigenvalue weighted by Crippen LogP contribution is -2.13. The summed E-state index contributed by atoms with van der Waals surface area (Å²) in [5.74, 6) is -0.645. The molecule has 0 bridgehead atoms. The third-order valence-electron chi connectivity index (χ3n) is 2.57. The molecule has 0 saturated carbocycles. The smallest absolute Gasteiger partial charge is 0.451 e. The van der Waals surface area contributed by atoms with Crippen molar-refractivity contribution in [1.82, 2.24) is 9.97 Å². The molecule has 0 fully saturated rings. The van der Waals surface area contributed by atoms with Crippen molar-refractivity contribution in [3.8, 4) is 5.75 Å². The number of rotatable bonds is 4. The van der Waals surface area contributed by atoms with Gasteiger partial charge < -0.3 is 10.1 Å². The highest BCUT2D eigenvalue weighted by Crippen LogP contribution is 2.31. The number of nitrogens with one attached hydrogen (secondary N) is 1. The summed E-state index contributed by atoms with van der Waals surface area (Å²) in [6.07, 6.45) is -3.08. The molecular weight excluding hydrogens is 271 g/mol. The first kappa shape index (κ1) is 14.1. The maximum absolute atomic E-state index is 12.8. The van der Waals surface area contributed by atoms with Crippen LogP contribution in [0, 0.1) is 0 Å². The largest absolute Gasteiger partial charge is 0.497 e. The number of aromatic nitrogens is 2. The summed E-state index contributed by atoms with van der Waals surface area (Å²) in [5, 5.41) is 3.26. The first-order valence-electron chi connectivity index (χ1n) is 5.73. The van der Waals surface area contributed by atoms with E-state index in [1.807, 2.05) is 0 Å². The standard InChI is InChI=1S/C13H12F3N3O/c1-3-6-17-11-9-5-4-8(20-2)7-10(9)18-12(19-11)13(14,15)16/h3-5,7H,1,6H2,2H3,(H,17,18,19). The van der Waals surface area contributed by atoms with Gasteiger partial charge in [0.1, 0.15) is 11.6 Å². The molecular formula is C13H12F3N3O. The predicted octanol–water partition coefficient (Wildman–Crippen LogP) is 3.26. The molecule has 0 radical (unpaired) electrons. The average Bonchev–Trinajstić information content (AvgIpc) is 2.42. The van der Waals surface area contributed by atoms with Crippen molar-refractivity contribution in [3.05, 3.63) is 36.7 Å². The van der Waals surface area contributed by atoms with Crippen LogP contribution in [0.3, 0.4) is 0 Å². The van der Waals surface area contributed by atoms with E-state index in [0.717, 1.165) is 0 Å². The molecule has 0 aliphatic rings. The van der Waals surface area contributed by atoms with Crippen molar-refractivity contribution < 1.29 is 17.9 Å². The first-order chi connectivity index (χ1) is 9.45. The number of nitrogens with zero attached hydrogens (tertiary/aromatic N) is 2. The zero-order valence-electron chi connectivity index (χ0n) is 10.7. The van der Waals surface area contributed by atoms with E-state index in [1.165, 1.54) is 19.3 Å². The fraction of sp³-hybridized carbons (Fsp3) is 0.231. The Balaban J connectivity index is 2.64. The molecule has 0 saturated heterocycles. The van der Waals surface area contributed by atoms with Crippen LogP contribution in [-0.2, 0) is 6.18 Å². The Hall–Kier alpha value is -2.31. The van der Waals surface area contributed by atoms with Crippen LogP contribution in [-0.4, -0.2) is 23.6 Å². The SMILES string of the molecule is C=CCNc1nc(C(F)(F)F)nc2cc(OC)ccc12. The molecule has 2 aromatic rings. The van der Waals surface area contributed by atoms with Gasteiger partial charge in [-0.05, 0) is 12.1 Å². The van der Waals surface area contributed by atoms with Crippen molar-refractivity contribution in [2.45, 2.75) is 6.18 Å². The molecule has 7 heteroatoms. The molecule has 20 heavy (non-hydrogen) atoms. The number of anilines is 1. The number of alkyl halides is 3. The summed E-state index contributed by atoms with van der Waals surface area (Å²) in [6.45, 7) is 3.81. The van der Waals surface area contributed by atoms with Crippen molar-refractivity contribution in [2.24, 2.45) is 0 Å². The van der Waals surface area contributed by atoms with E-state index in [1.54, 1.807) is 12.1 Å². The van der Waals surface area contributed by atoms with Gasteiger partial charge in [-0.15, -0.1) is 6.58 Å². The topological polar surface area (TPSA) is 47.0 Å².